The van der Waals surface area contributed by atoms with Gasteiger partial charge in [-0.1, -0.05) is 6.92 Å². The maximum atomic E-state index is 13.7. The van der Waals surface area contributed by atoms with Crippen molar-refractivity contribution >= 4 is 0 Å². The molecular formula is C13H17FN4. The predicted octanol–water partition coefficient (Wildman–Crippen LogP) is 2.14. The van der Waals surface area contributed by atoms with Gasteiger partial charge in [-0.15, -0.1) is 0 Å². The van der Waals surface area contributed by atoms with Gasteiger partial charge in [-0.05, 0) is 25.6 Å². The Morgan fingerprint density at radius 2 is 2.33 bits per heavy atom. The van der Waals surface area contributed by atoms with Crippen LogP contribution in [0.4, 0.5) is 4.39 Å². The highest BCUT2D eigenvalue weighted by atomic mass is 19.1. The highest BCUT2D eigenvalue weighted by Gasteiger charge is 2.18. The van der Waals surface area contributed by atoms with Crippen LogP contribution >= 0.6 is 0 Å². The van der Waals surface area contributed by atoms with E-state index in [9.17, 15) is 4.39 Å². The van der Waals surface area contributed by atoms with Crippen LogP contribution in [0, 0.1) is 5.82 Å². The van der Waals surface area contributed by atoms with Gasteiger partial charge in [-0.2, -0.15) is 5.10 Å². The number of aryl methyl sites for hydroxylation is 1. The average Bonchev–Trinajstić information content (AvgIpc) is 2.82. The number of pyridine rings is 1. The molecule has 0 saturated heterocycles. The molecular weight excluding hydrogens is 231 g/mol. The lowest BCUT2D eigenvalue weighted by Gasteiger charge is -2.14. The molecule has 0 saturated carbocycles. The Morgan fingerprint density at radius 1 is 1.50 bits per heavy atom. The molecule has 5 heteroatoms. The number of halogens is 1. The van der Waals surface area contributed by atoms with Gasteiger partial charge in [0.1, 0.15) is 5.82 Å². The summed E-state index contributed by atoms with van der Waals surface area (Å²) in [5, 5.41) is 7.33. The number of aromatic nitrogens is 3. The van der Waals surface area contributed by atoms with E-state index in [1.807, 2.05) is 10.9 Å². The van der Waals surface area contributed by atoms with Gasteiger partial charge in [0, 0.05) is 24.5 Å². The Balaban J connectivity index is 2.30. The van der Waals surface area contributed by atoms with E-state index in [0.717, 1.165) is 18.5 Å². The molecule has 1 unspecified atom stereocenters. The van der Waals surface area contributed by atoms with Crippen LogP contribution in [0.1, 0.15) is 30.6 Å². The molecule has 0 amide bonds. The standard InChI is InChI=1S/C13H17FN4/c1-3-7-18-9-10(8-17-18)12(15-2)13-11(14)5-4-6-16-13/h4-6,8-9,12,15H,3,7H2,1-2H3. The van der Waals surface area contributed by atoms with Crippen molar-refractivity contribution in [1.82, 2.24) is 20.1 Å². The summed E-state index contributed by atoms with van der Waals surface area (Å²) in [6.45, 7) is 2.95. The summed E-state index contributed by atoms with van der Waals surface area (Å²) in [6.07, 6.45) is 6.30. The molecule has 0 aliphatic heterocycles. The van der Waals surface area contributed by atoms with Crippen LogP contribution in [0.25, 0.3) is 0 Å². The molecule has 0 bridgehead atoms. The Morgan fingerprint density at radius 3 is 3.00 bits per heavy atom. The summed E-state index contributed by atoms with van der Waals surface area (Å²) in [5.41, 5.74) is 1.32. The molecule has 0 radical (unpaired) electrons. The normalized spacial score (nSPS) is 12.6. The Hall–Kier alpha value is -1.75. The number of nitrogens with one attached hydrogen (secondary N) is 1. The third kappa shape index (κ3) is 2.56. The second-order valence-corrected chi connectivity index (χ2v) is 4.13. The van der Waals surface area contributed by atoms with Gasteiger partial charge in [0.05, 0.1) is 17.9 Å². The van der Waals surface area contributed by atoms with E-state index in [0.29, 0.717) is 5.69 Å². The van der Waals surface area contributed by atoms with Gasteiger partial charge in [-0.25, -0.2) is 4.39 Å². The molecule has 0 aliphatic carbocycles. The Kier molecular flexibility index (Phi) is 4.04. The van der Waals surface area contributed by atoms with Gasteiger partial charge in [0.25, 0.3) is 0 Å². The molecule has 2 rings (SSSR count). The highest BCUT2D eigenvalue weighted by molar-refractivity contribution is 5.24. The van der Waals surface area contributed by atoms with Crippen molar-refractivity contribution in [1.29, 1.82) is 0 Å². The maximum absolute atomic E-state index is 13.7. The summed E-state index contributed by atoms with van der Waals surface area (Å²) < 4.78 is 15.6. The molecule has 1 N–H and O–H groups in total. The quantitative estimate of drug-likeness (QED) is 0.881. The first kappa shape index (κ1) is 12.7. The lowest BCUT2D eigenvalue weighted by Crippen LogP contribution is -2.19. The van der Waals surface area contributed by atoms with E-state index in [1.54, 1.807) is 25.5 Å². The molecule has 18 heavy (non-hydrogen) atoms. The second-order valence-electron chi connectivity index (χ2n) is 4.13. The predicted molar refractivity (Wildman–Crippen MR) is 67.6 cm³/mol. The SMILES string of the molecule is CCCn1cc(C(NC)c2ncccc2F)cn1. The molecule has 2 aromatic heterocycles. The molecule has 2 heterocycles. The van der Waals surface area contributed by atoms with Gasteiger partial charge >= 0.3 is 0 Å². The van der Waals surface area contributed by atoms with Crippen LogP contribution in [-0.2, 0) is 6.54 Å². The van der Waals surface area contributed by atoms with E-state index in [1.165, 1.54) is 6.07 Å². The molecule has 0 aromatic carbocycles. The van der Waals surface area contributed by atoms with Crippen LogP contribution in [-0.4, -0.2) is 21.8 Å². The first-order valence-corrected chi connectivity index (χ1v) is 6.06. The molecule has 2 aromatic rings. The van der Waals surface area contributed by atoms with Crippen LogP contribution in [0.2, 0.25) is 0 Å². The molecule has 0 fully saturated rings. The van der Waals surface area contributed by atoms with E-state index >= 15 is 0 Å². The lowest BCUT2D eigenvalue weighted by molar-refractivity contribution is 0.558. The smallest absolute Gasteiger partial charge is 0.146 e. The third-order valence-corrected chi connectivity index (χ3v) is 2.79. The van der Waals surface area contributed by atoms with Crippen molar-refractivity contribution in [2.75, 3.05) is 7.05 Å². The number of hydrogen-bond donors (Lipinski definition) is 1. The van der Waals surface area contributed by atoms with Gasteiger partial charge < -0.3 is 5.32 Å². The minimum Gasteiger partial charge on any atom is -0.308 e. The fourth-order valence-electron chi connectivity index (χ4n) is 1.95. The van der Waals surface area contributed by atoms with Crippen LogP contribution in [0.3, 0.4) is 0 Å². The van der Waals surface area contributed by atoms with Crippen molar-refractivity contribution in [3.05, 3.63) is 47.8 Å². The minimum absolute atomic E-state index is 0.267. The lowest BCUT2D eigenvalue weighted by atomic mass is 10.1. The van der Waals surface area contributed by atoms with Gasteiger partial charge in [-0.3, -0.25) is 9.67 Å². The van der Waals surface area contributed by atoms with Crippen molar-refractivity contribution in [3.8, 4) is 0 Å². The molecule has 96 valence electrons. The monoisotopic (exact) mass is 248 g/mol. The van der Waals surface area contributed by atoms with Gasteiger partial charge in [0.2, 0.25) is 0 Å². The van der Waals surface area contributed by atoms with Crippen molar-refractivity contribution < 1.29 is 4.39 Å². The van der Waals surface area contributed by atoms with Crippen LogP contribution < -0.4 is 5.32 Å². The summed E-state index contributed by atoms with van der Waals surface area (Å²) in [7, 11) is 1.79. The van der Waals surface area contributed by atoms with Crippen molar-refractivity contribution in [2.45, 2.75) is 25.9 Å². The maximum Gasteiger partial charge on any atom is 0.146 e. The van der Waals surface area contributed by atoms with E-state index in [2.05, 4.69) is 22.3 Å². The first-order valence-electron chi connectivity index (χ1n) is 6.06. The molecule has 0 aliphatic rings. The van der Waals surface area contributed by atoms with Crippen LogP contribution in [0.15, 0.2) is 30.7 Å². The van der Waals surface area contributed by atoms with E-state index in [4.69, 9.17) is 0 Å². The largest absolute Gasteiger partial charge is 0.308 e. The minimum atomic E-state index is -0.305. The summed E-state index contributed by atoms with van der Waals surface area (Å²) in [4.78, 5) is 4.11. The zero-order valence-corrected chi connectivity index (χ0v) is 10.6. The van der Waals surface area contributed by atoms with E-state index in [-0.39, 0.29) is 11.9 Å². The molecule has 0 spiro atoms. The number of nitrogens with zero attached hydrogens (tertiary/aromatic N) is 3. The zero-order chi connectivity index (χ0) is 13.0. The van der Waals surface area contributed by atoms with E-state index < -0.39 is 0 Å². The van der Waals surface area contributed by atoms with Crippen LogP contribution in [0.5, 0.6) is 0 Å². The summed E-state index contributed by atoms with van der Waals surface area (Å²) in [5.74, 6) is -0.305. The van der Waals surface area contributed by atoms with Gasteiger partial charge in [0.15, 0.2) is 0 Å². The summed E-state index contributed by atoms with van der Waals surface area (Å²) >= 11 is 0. The topological polar surface area (TPSA) is 42.7 Å². The zero-order valence-electron chi connectivity index (χ0n) is 10.6. The van der Waals surface area contributed by atoms with Crippen molar-refractivity contribution in [3.63, 3.8) is 0 Å². The average molecular weight is 248 g/mol. The Labute approximate surface area is 106 Å². The first-order chi connectivity index (χ1) is 8.76. The number of hydrogen-bond acceptors (Lipinski definition) is 3. The molecule has 4 nitrogen and oxygen atoms in total. The Bertz CT molecular complexity index is 509. The second kappa shape index (κ2) is 5.73. The summed E-state index contributed by atoms with van der Waals surface area (Å²) in [6, 6.07) is 2.74. The van der Waals surface area contributed by atoms with Crippen molar-refractivity contribution in [2.24, 2.45) is 0 Å². The fraction of sp³-hybridized carbons (Fsp3) is 0.385. The fourth-order valence-corrected chi connectivity index (χ4v) is 1.95. The molecule has 1 atom stereocenters. The number of rotatable bonds is 5. The highest BCUT2D eigenvalue weighted by Crippen LogP contribution is 2.21. The third-order valence-electron chi connectivity index (χ3n) is 2.79.